The van der Waals surface area contributed by atoms with Gasteiger partial charge in [0, 0.05) is 17.7 Å². The molecule has 0 bridgehead atoms. The monoisotopic (exact) mass is 183 g/mol. The molecular weight excluding hydrogens is 174 g/mol. The molecule has 0 aliphatic rings. The van der Waals surface area contributed by atoms with Crippen molar-refractivity contribution < 1.29 is 9.53 Å². The van der Waals surface area contributed by atoms with E-state index in [1.807, 2.05) is 12.3 Å². The van der Waals surface area contributed by atoms with Crippen molar-refractivity contribution >= 4 is 22.9 Å². The lowest BCUT2D eigenvalue weighted by molar-refractivity contribution is -0.134. The molecule has 64 valence electrons. The van der Waals surface area contributed by atoms with Crippen LogP contribution in [0.15, 0.2) is 17.7 Å². The van der Waals surface area contributed by atoms with Crippen molar-refractivity contribution in [2.45, 2.75) is 6.92 Å². The molecule has 1 rings (SSSR count). The Balaban J connectivity index is 2.77. The highest BCUT2D eigenvalue weighted by Gasteiger charge is 2.00. The summed E-state index contributed by atoms with van der Waals surface area (Å²) in [4.78, 5) is 14.8. The van der Waals surface area contributed by atoms with Crippen LogP contribution >= 0.6 is 11.3 Å². The molecule has 0 saturated heterocycles. The van der Waals surface area contributed by atoms with E-state index in [0.29, 0.717) is 0 Å². The second-order valence-corrected chi connectivity index (χ2v) is 3.08. The summed E-state index contributed by atoms with van der Waals surface area (Å²) in [6.45, 7) is 1.83. The fraction of sp³-hybridized carbons (Fsp3) is 0.250. The molecule has 0 atom stereocenters. The van der Waals surface area contributed by atoms with E-state index in [1.165, 1.54) is 24.5 Å². The van der Waals surface area contributed by atoms with Gasteiger partial charge in [-0.2, -0.15) is 0 Å². The van der Waals surface area contributed by atoms with Gasteiger partial charge in [-0.15, -0.1) is 11.3 Å². The number of carbonyl (C=O) groups is 1. The summed E-state index contributed by atoms with van der Waals surface area (Å²) in [5.41, 5.74) is 0.830. The molecule has 0 fully saturated rings. The molecule has 0 radical (unpaired) electrons. The number of allylic oxidation sites excluding steroid dienone is 1. The van der Waals surface area contributed by atoms with Gasteiger partial charge in [-0.25, -0.2) is 9.78 Å². The normalized spacial score (nSPS) is 11.3. The predicted molar refractivity (Wildman–Crippen MR) is 47.8 cm³/mol. The number of hydrogen-bond acceptors (Lipinski definition) is 4. The van der Waals surface area contributed by atoms with E-state index < -0.39 is 0 Å². The van der Waals surface area contributed by atoms with E-state index in [0.717, 1.165) is 10.6 Å². The third kappa shape index (κ3) is 2.17. The Morgan fingerprint density at radius 1 is 1.75 bits per heavy atom. The molecule has 0 aliphatic heterocycles. The Hall–Kier alpha value is -1.16. The zero-order valence-electron chi connectivity index (χ0n) is 6.90. The lowest BCUT2D eigenvalue weighted by atomic mass is 10.3. The average molecular weight is 183 g/mol. The molecule has 1 heterocycles. The first-order chi connectivity index (χ1) is 5.74. The number of nitrogens with zero attached hydrogens (tertiary/aromatic N) is 1. The van der Waals surface area contributed by atoms with Crippen molar-refractivity contribution in [3.63, 3.8) is 0 Å². The molecule has 0 unspecified atom stereocenters. The molecule has 0 saturated carbocycles. The van der Waals surface area contributed by atoms with Gasteiger partial charge in [0.1, 0.15) is 5.01 Å². The quantitative estimate of drug-likeness (QED) is 0.517. The van der Waals surface area contributed by atoms with Crippen LogP contribution in [0.3, 0.4) is 0 Å². The second-order valence-electron chi connectivity index (χ2n) is 2.19. The number of hydrogen-bond donors (Lipinski definition) is 0. The summed E-state index contributed by atoms with van der Waals surface area (Å²) in [5.74, 6) is -0.345. The second kappa shape index (κ2) is 4.01. The van der Waals surface area contributed by atoms with Gasteiger partial charge >= 0.3 is 5.97 Å². The zero-order chi connectivity index (χ0) is 8.97. The first kappa shape index (κ1) is 8.93. The highest BCUT2D eigenvalue weighted by atomic mass is 32.1. The van der Waals surface area contributed by atoms with Crippen LogP contribution in [0, 0.1) is 0 Å². The van der Waals surface area contributed by atoms with Crippen LogP contribution < -0.4 is 0 Å². The number of thiazole rings is 1. The van der Waals surface area contributed by atoms with Crippen LogP contribution in [0.1, 0.15) is 11.9 Å². The summed E-state index contributed by atoms with van der Waals surface area (Å²) < 4.78 is 4.48. The fourth-order valence-electron chi connectivity index (χ4n) is 0.716. The van der Waals surface area contributed by atoms with Gasteiger partial charge in [-0.3, -0.25) is 0 Å². The maximum atomic E-state index is 10.8. The summed E-state index contributed by atoms with van der Waals surface area (Å²) >= 11 is 1.50. The first-order valence-electron chi connectivity index (χ1n) is 3.40. The van der Waals surface area contributed by atoms with Crippen molar-refractivity contribution in [3.8, 4) is 0 Å². The number of methoxy groups -OCH3 is 1. The molecular formula is C8H9NO2S. The third-order valence-corrected chi connectivity index (χ3v) is 2.21. The first-order valence-corrected chi connectivity index (χ1v) is 4.28. The average Bonchev–Trinajstić information content (AvgIpc) is 2.56. The molecule has 4 heteroatoms. The Labute approximate surface area is 74.7 Å². The number of esters is 1. The summed E-state index contributed by atoms with van der Waals surface area (Å²) in [7, 11) is 1.36. The van der Waals surface area contributed by atoms with Crippen LogP contribution in [-0.2, 0) is 9.53 Å². The van der Waals surface area contributed by atoms with E-state index in [9.17, 15) is 4.79 Å². The molecule has 1 aromatic rings. The molecule has 0 aromatic carbocycles. The van der Waals surface area contributed by atoms with Crippen molar-refractivity contribution in [3.05, 3.63) is 22.7 Å². The van der Waals surface area contributed by atoms with E-state index in [2.05, 4.69) is 9.72 Å². The minimum atomic E-state index is -0.345. The SMILES string of the molecule is COC(=O)/C=C(/C)c1nccs1. The van der Waals surface area contributed by atoms with E-state index in [-0.39, 0.29) is 5.97 Å². The fourth-order valence-corrected chi connectivity index (χ4v) is 1.33. The summed E-state index contributed by atoms with van der Waals surface area (Å²) in [6, 6.07) is 0. The molecule has 1 aromatic heterocycles. The Morgan fingerprint density at radius 3 is 3.00 bits per heavy atom. The number of aromatic nitrogens is 1. The molecule has 3 nitrogen and oxygen atoms in total. The standard InChI is InChI=1S/C8H9NO2S/c1-6(5-7(10)11-2)8-9-3-4-12-8/h3-5H,1-2H3/b6-5-. The van der Waals surface area contributed by atoms with Gasteiger partial charge in [-0.1, -0.05) is 0 Å². The summed E-state index contributed by atoms with van der Waals surface area (Å²) in [6.07, 6.45) is 3.13. The molecule has 0 amide bonds. The number of carbonyl (C=O) groups excluding carboxylic acids is 1. The van der Waals surface area contributed by atoms with Crippen molar-refractivity contribution in [1.82, 2.24) is 4.98 Å². The van der Waals surface area contributed by atoms with Crippen LogP contribution in [0.4, 0.5) is 0 Å². The van der Waals surface area contributed by atoms with E-state index in [4.69, 9.17) is 0 Å². The molecule has 0 spiro atoms. The topological polar surface area (TPSA) is 39.2 Å². The van der Waals surface area contributed by atoms with Gasteiger partial charge in [0.2, 0.25) is 0 Å². The Bertz CT molecular complexity index is 290. The van der Waals surface area contributed by atoms with Crippen molar-refractivity contribution in [2.24, 2.45) is 0 Å². The van der Waals surface area contributed by atoms with E-state index >= 15 is 0 Å². The van der Waals surface area contributed by atoms with Crippen molar-refractivity contribution in [1.29, 1.82) is 0 Å². The maximum absolute atomic E-state index is 10.8. The van der Waals surface area contributed by atoms with Crippen LogP contribution in [0.2, 0.25) is 0 Å². The van der Waals surface area contributed by atoms with Gasteiger partial charge in [0.05, 0.1) is 7.11 Å². The molecule has 0 N–H and O–H groups in total. The molecule has 0 aliphatic carbocycles. The van der Waals surface area contributed by atoms with Gasteiger partial charge in [0.25, 0.3) is 0 Å². The minimum Gasteiger partial charge on any atom is -0.466 e. The number of ether oxygens (including phenoxy) is 1. The van der Waals surface area contributed by atoms with Crippen LogP contribution in [0.25, 0.3) is 5.57 Å². The zero-order valence-corrected chi connectivity index (χ0v) is 7.72. The largest absolute Gasteiger partial charge is 0.466 e. The van der Waals surface area contributed by atoms with E-state index in [1.54, 1.807) is 6.20 Å². The minimum absolute atomic E-state index is 0.345. The highest BCUT2D eigenvalue weighted by molar-refractivity contribution is 7.10. The highest BCUT2D eigenvalue weighted by Crippen LogP contribution is 2.15. The van der Waals surface area contributed by atoms with Gasteiger partial charge in [-0.05, 0) is 12.5 Å². The van der Waals surface area contributed by atoms with Gasteiger partial charge < -0.3 is 4.74 Å². The van der Waals surface area contributed by atoms with Gasteiger partial charge in [0.15, 0.2) is 0 Å². The lowest BCUT2D eigenvalue weighted by Gasteiger charge is -1.94. The number of rotatable bonds is 2. The smallest absolute Gasteiger partial charge is 0.330 e. The van der Waals surface area contributed by atoms with Crippen LogP contribution in [0.5, 0.6) is 0 Å². The van der Waals surface area contributed by atoms with Crippen molar-refractivity contribution in [2.75, 3.05) is 7.11 Å². The summed E-state index contributed by atoms with van der Waals surface area (Å²) in [5, 5.41) is 2.71. The third-order valence-electron chi connectivity index (χ3n) is 1.31. The Morgan fingerprint density at radius 2 is 2.50 bits per heavy atom. The molecule has 12 heavy (non-hydrogen) atoms. The maximum Gasteiger partial charge on any atom is 0.330 e. The van der Waals surface area contributed by atoms with Crippen LogP contribution in [-0.4, -0.2) is 18.1 Å². The predicted octanol–water partition coefficient (Wildman–Crippen LogP) is 1.72. The Kier molecular flexibility index (Phi) is 2.99. The lowest BCUT2D eigenvalue weighted by Crippen LogP contribution is -1.95.